The summed E-state index contributed by atoms with van der Waals surface area (Å²) in [7, 11) is 0. The van der Waals surface area contributed by atoms with E-state index in [-0.39, 0.29) is 0 Å². The van der Waals surface area contributed by atoms with E-state index >= 15 is 0 Å². The minimum atomic E-state index is 0.642. The molecule has 0 bridgehead atoms. The maximum Gasteiger partial charge on any atom is 0.102 e. The highest BCUT2D eigenvalue weighted by molar-refractivity contribution is 5.64. The Hall–Kier alpha value is -1.53. The van der Waals surface area contributed by atoms with Gasteiger partial charge < -0.3 is 10.2 Å². The molecule has 0 atom stereocenters. The van der Waals surface area contributed by atoms with Crippen molar-refractivity contribution in [1.82, 2.24) is 5.32 Å². The molecule has 20 heavy (non-hydrogen) atoms. The van der Waals surface area contributed by atoms with E-state index in [2.05, 4.69) is 49.2 Å². The quantitative estimate of drug-likeness (QED) is 0.915. The van der Waals surface area contributed by atoms with E-state index in [0.717, 1.165) is 50.3 Å². The van der Waals surface area contributed by atoms with Crippen LogP contribution < -0.4 is 10.2 Å². The minimum absolute atomic E-state index is 0.642. The van der Waals surface area contributed by atoms with Gasteiger partial charge in [-0.2, -0.15) is 5.26 Å². The first kappa shape index (κ1) is 14.9. The first-order chi connectivity index (χ1) is 9.65. The van der Waals surface area contributed by atoms with Gasteiger partial charge in [-0.05, 0) is 36.0 Å². The molecule has 1 aromatic carbocycles. The van der Waals surface area contributed by atoms with Gasteiger partial charge in [-0.3, -0.25) is 0 Å². The van der Waals surface area contributed by atoms with Crippen molar-refractivity contribution >= 4 is 5.69 Å². The highest BCUT2D eigenvalue weighted by Gasteiger charge is 2.17. The number of hydrogen-bond donors (Lipinski definition) is 1. The number of rotatable bonds is 4. The smallest absolute Gasteiger partial charge is 0.102 e. The number of nitrogens with zero attached hydrogens (tertiary/aromatic N) is 2. The monoisotopic (exact) mass is 271 g/mol. The molecule has 0 unspecified atom stereocenters. The summed E-state index contributed by atoms with van der Waals surface area (Å²) in [5.41, 5.74) is 4.58. The van der Waals surface area contributed by atoms with Gasteiger partial charge >= 0.3 is 0 Å². The molecule has 3 nitrogen and oxygen atoms in total. The zero-order chi connectivity index (χ0) is 14.5. The first-order valence-corrected chi connectivity index (χ1v) is 7.67. The van der Waals surface area contributed by atoms with Gasteiger partial charge in [0.25, 0.3) is 0 Å². The molecule has 1 saturated heterocycles. The molecule has 0 aromatic heterocycles. The van der Waals surface area contributed by atoms with Crippen LogP contribution in [0.3, 0.4) is 0 Å². The highest BCUT2D eigenvalue weighted by Crippen LogP contribution is 2.27. The van der Waals surface area contributed by atoms with Crippen LogP contribution in [0.1, 0.15) is 37.5 Å². The molecule has 1 N–H and O–H groups in total. The third-order valence-corrected chi connectivity index (χ3v) is 3.85. The number of anilines is 1. The Kier molecular flexibility index (Phi) is 5.03. The van der Waals surface area contributed by atoms with E-state index in [0.29, 0.717) is 5.92 Å². The predicted octanol–water partition coefficient (Wildman–Crippen LogP) is 2.73. The molecule has 3 heteroatoms. The van der Waals surface area contributed by atoms with E-state index in [1.807, 2.05) is 0 Å². The van der Waals surface area contributed by atoms with Crippen LogP contribution in [-0.4, -0.2) is 26.2 Å². The second-order valence-corrected chi connectivity index (χ2v) is 5.95. The fourth-order valence-corrected chi connectivity index (χ4v) is 2.90. The number of nitrogens with one attached hydrogen (secondary N) is 1. The van der Waals surface area contributed by atoms with Crippen LogP contribution in [0.2, 0.25) is 0 Å². The molecule has 0 radical (unpaired) electrons. The Labute approximate surface area is 122 Å². The van der Waals surface area contributed by atoms with Crippen molar-refractivity contribution in [3.63, 3.8) is 0 Å². The molecule has 0 aliphatic carbocycles. The number of piperazine rings is 1. The predicted molar refractivity (Wildman–Crippen MR) is 84.2 cm³/mol. The molecule has 1 aliphatic heterocycles. The third-order valence-electron chi connectivity index (χ3n) is 3.85. The Morgan fingerprint density at radius 1 is 1.30 bits per heavy atom. The lowest BCUT2D eigenvalue weighted by atomic mass is 9.95. The van der Waals surface area contributed by atoms with E-state index in [9.17, 15) is 5.26 Å². The minimum Gasteiger partial charge on any atom is -0.368 e. The van der Waals surface area contributed by atoms with Crippen LogP contribution in [0, 0.1) is 17.2 Å². The van der Waals surface area contributed by atoms with Crippen molar-refractivity contribution in [3.8, 4) is 6.07 Å². The van der Waals surface area contributed by atoms with Gasteiger partial charge in [-0.1, -0.05) is 26.8 Å². The van der Waals surface area contributed by atoms with Crippen LogP contribution in [0.4, 0.5) is 5.69 Å². The van der Waals surface area contributed by atoms with Crippen LogP contribution in [0.5, 0.6) is 0 Å². The first-order valence-electron chi connectivity index (χ1n) is 7.67. The lowest BCUT2D eigenvalue weighted by Gasteiger charge is -2.31. The number of benzene rings is 1. The second-order valence-electron chi connectivity index (χ2n) is 5.95. The number of hydrogen-bond acceptors (Lipinski definition) is 3. The zero-order valence-corrected chi connectivity index (χ0v) is 12.9. The molecule has 2 rings (SSSR count). The van der Waals surface area contributed by atoms with E-state index in [4.69, 9.17) is 0 Å². The van der Waals surface area contributed by atoms with E-state index in [1.54, 1.807) is 0 Å². The van der Waals surface area contributed by atoms with Crippen LogP contribution in [-0.2, 0) is 12.8 Å². The van der Waals surface area contributed by atoms with Gasteiger partial charge in [0.05, 0.1) is 11.3 Å². The van der Waals surface area contributed by atoms with Crippen molar-refractivity contribution in [3.05, 3.63) is 28.8 Å². The van der Waals surface area contributed by atoms with Gasteiger partial charge in [0.15, 0.2) is 0 Å². The van der Waals surface area contributed by atoms with E-state index < -0.39 is 0 Å². The summed E-state index contributed by atoms with van der Waals surface area (Å²) in [5, 5.41) is 12.9. The fourth-order valence-electron chi connectivity index (χ4n) is 2.90. The van der Waals surface area contributed by atoms with Crippen molar-refractivity contribution in [2.24, 2.45) is 5.92 Å². The van der Waals surface area contributed by atoms with Gasteiger partial charge in [0, 0.05) is 26.2 Å². The maximum absolute atomic E-state index is 9.54. The molecule has 0 saturated carbocycles. The molecular weight excluding hydrogens is 246 g/mol. The maximum atomic E-state index is 9.54. The summed E-state index contributed by atoms with van der Waals surface area (Å²) < 4.78 is 0. The van der Waals surface area contributed by atoms with Crippen molar-refractivity contribution in [1.29, 1.82) is 5.26 Å². The molecule has 1 heterocycles. The van der Waals surface area contributed by atoms with Crippen molar-refractivity contribution < 1.29 is 0 Å². The van der Waals surface area contributed by atoms with Gasteiger partial charge in [0.2, 0.25) is 0 Å². The molecular formula is C17H25N3. The van der Waals surface area contributed by atoms with Gasteiger partial charge in [-0.25, -0.2) is 0 Å². The summed E-state index contributed by atoms with van der Waals surface area (Å²) >= 11 is 0. The van der Waals surface area contributed by atoms with Gasteiger partial charge in [-0.15, -0.1) is 0 Å². The molecule has 1 aliphatic rings. The van der Waals surface area contributed by atoms with E-state index in [1.165, 1.54) is 11.1 Å². The zero-order valence-electron chi connectivity index (χ0n) is 12.9. The lowest BCUT2D eigenvalue weighted by molar-refractivity contribution is 0.588. The third kappa shape index (κ3) is 3.32. The summed E-state index contributed by atoms with van der Waals surface area (Å²) in [6.07, 6.45) is 2.01. The normalized spacial score (nSPS) is 15.4. The Balaban J connectivity index is 2.42. The van der Waals surface area contributed by atoms with Crippen molar-refractivity contribution in [2.75, 3.05) is 31.1 Å². The average Bonchev–Trinajstić information content (AvgIpc) is 2.46. The molecule has 0 spiro atoms. The van der Waals surface area contributed by atoms with Crippen LogP contribution >= 0.6 is 0 Å². The summed E-state index contributed by atoms with van der Waals surface area (Å²) in [6.45, 7) is 10.6. The molecule has 108 valence electrons. The summed E-state index contributed by atoms with van der Waals surface area (Å²) in [6, 6.07) is 6.90. The average molecular weight is 271 g/mol. The highest BCUT2D eigenvalue weighted by atomic mass is 15.2. The van der Waals surface area contributed by atoms with Crippen LogP contribution in [0.15, 0.2) is 12.1 Å². The summed E-state index contributed by atoms with van der Waals surface area (Å²) in [4.78, 5) is 2.36. The topological polar surface area (TPSA) is 39.1 Å². The fraction of sp³-hybridized carbons (Fsp3) is 0.588. The van der Waals surface area contributed by atoms with Gasteiger partial charge in [0.1, 0.15) is 6.07 Å². The number of nitriles is 1. The van der Waals surface area contributed by atoms with Crippen LogP contribution in [0.25, 0.3) is 0 Å². The molecule has 1 aromatic rings. The second kappa shape index (κ2) is 6.76. The Morgan fingerprint density at radius 3 is 2.55 bits per heavy atom. The molecule has 1 fully saturated rings. The number of aryl methyl sites for hydroxylation is 1. The Morgan fingerprint density at radius 2 is 2.00 bits per heavy atom. The SMILES string of the molecule is CCc1cc(CC(C)C)cc(N2CCNCC2)c1C#N. The van der Waals surface area contributed by atoms with Crippen molar-refractivity contribution in [2.45, 2.75) is 33.6 Å². The largest absolute Gasteiger partial charge is 0.368 e. The standard InChI is InChI=1S/C17H25N3/c1-4-15-10-14(9-13(2)3)11-17(16(15)12-18)20-7-5-19-6-8-20/h10-11,13,19H,4-9H2,1-3H3. The summed E-state index contributed by atoms with van der Waals surface area (Å²) in [5.74, 6) is 0.642. The lowest BCUT2D eigenvalue weighted by Crippen LogP contribution is -2.44. The Bertz CT molecular complexity index is 494. The molecule has 0 amide bonds.